The van der Waals surface area contributed by atoms with Crippen molar-refractivity contribution in [1.82, 2.24) is 20.3 Å². The van der Waals surface area contributed by atoms with Gasteiger partial charge < -0.3 is 10.6 Å². The fourth-order valence-corrected chi connectivity index (χ4v) is 3.54. The third-order valence-electron chi connectivity index (χ3n) is 5.07. The predicted molar refractivity (Wildman–Crippen MR) is 109 cm³/mol. The molecule has 0 saturated carbocycles. The van der Waals surface area contributed by atoms with Gasteiger partial charge in [-0.3, -0.25) is 4.98 Å². The summed E-state index contributed by atoms with van der Waals surface area (Å²) in [5.41, 5.74) is 4.32. The van der Waals surface area contributed by atoms with Crippen LogP contribution in [0.3, 0.4) is 0 Å². The SMILES string of the molecule is CCc1ccccc1Nc1cc(-c2cccnc2)nc(C2CCNCC2)n1. The maximum Gasteiger partial charge on any atom is 0.134 e. The van der Waals surface area contributed by atoms with Crippen LogP contribution in [-0.4, -0.2) is 28.0 Å². The molecule has 138 valence electrons. The molecule has 0 atom stereocenters. The second kappa shape index (κ2) is 8.27. The van der Waals surface area contributed by atoms with Crippen LogP contribution in [0.25, 0.3) is 11.3 Å². The van der Waals surface area contributed by atoms with Crippen LogP contribution < -0.4 is 10.6 Å². The second-order valence-corrected chi connectivity index (χ2v) is 6.90. The van der Waals surface area contributed by atoms with E-state index < -0.39 is 0 Å². The first kappa shape index (κ1) is 17.6. The van der Waals surface area contributed by atoms with Gasteiger partial charge in [0, 0.05) is 35.6 Å². The zero-order valence-corrected chi connectivity index (χ0v) is 15.7. The van der Waals surface area contributed by atoms with E-state index >= 15 is 0 Å². The van der Waals surface area contributed by atoms with Crippen molar-refractivity contribution in [2.24, 2.45) is 0 Å². The fraction of sp³-hybridized carbons (Fsp3) is 0.318. The van der Waals surface area contributed by atoms with Crippen LogP contribution in [0.2, 0.25) is 0 Å². The summed E-state index contributed by atoms with van der Waals surface area (Å²) in [4.78, 5) is 14.0. The monoisotopic (exact) mass is 359 g/mol. The summed E-state index contributed by atoms with van der Waals surface area (Å²) in [5, 5.41) is 6.95. The van der Waals surface area contributed by atoms with Gasteiger partial charge in [0.25, 0.3) is 0 Å². The number of nitrogens with one attached hydrogen (secondary N) is 2. The van der Waals surface area contributed by atoms with Crippen molar-refractivity contribution >= 4 is 11.5 Å². The van der Waals surface area contributed by atoms with Gasteiger partial charge in [0.1, 0.15) is 11.6 Å². The van der Waals surface area contributed by atoms with Crippen molar-refractivity contribution in [2.45, 2.75) is 32.1 Å². The number of anilines is 2. The topological polar surface area (TPSA) is 62.7 Å². The van der Waals surface area contributed by atoms with Crippen molar-refractivity contribution in [2.75, 3.05) is 18.4 Å². The maximum atomic E-state index is 4.89. The molecule has 0 unspecified atom stereocenters. The molecule has 4 rings (SSSR count). The van der Waals surface area contributed by atoms with Gasteiger partial charge in [-0.1, -0.05) is 25.1 Å². The van der Waals surface area contributed by atoms with E-state index in [1.807, 2.05) is 24.4 Å². The number of para-hydroxylation sites is 1. The first-order valence-corrected chi connectivity index (χ1v) is 9.68. The highest BCUT2D eigenvalue weighted by Gasteiger charge is 2.20. The van der Waals surface area contributed by atoms with Crippen LogP contribution in [0.4, 0.5) is 11.5 Å². The molecule has 3 aromatic rings. The Balaban J connectivity index is 1.73. The minimum atomic E-state index is 0.393. The number of nitrogens with zero attached hydrogens (tertiary/aromatic N) is 3. The van der Waals surface area contributed by atoms with Gasteiger partial charge in [0.05, 0.1) is 5.69 Å². The third kappa shape index (κ3) is 4.14. The van der Waals surface area contributed by atoms with E-state index in [1.165, 1.54) is 5.56 Å². The second-order valence-electron chi connectivity index (χ2n) is 6.90. The lowest BCUT2D eigenvalue weighted by Crippen LogP contribution is -2.27. The number of rotatable bonds is 5. The molecular formula is C22H25N5. The molecule has 0 aliphatic carbocycles. The molecule has 1 aromatic carbocycles. The van der Waals surface area contributed by atoms with Crippen LogP contribution in [0.5, 0.6) is 0 Å². The molecule has 0 spiro atoms. The Morgan fingerprint density at radius 2 is 1.93 bits per heavy atom. The van der Waals surface area contributed by atoms with Crippen molar-refractivity contribution in [3.8, 4) is 11.3 Å². The Kier molecular flexibility index (Phi) is 5.39. The first-order valence-electron chi connectivity index (χ1n) is 9.68. The minimum Gasteiger partial charge on any atom is -0.340 e. The average molecular weight is 359 g/mol. The summed E-state index contributed by atoms with van der Waals surface area (Å²) < 4.78 is 0. The van der Waals surface area contributed by atoms with Crippen molar-refractivity contribution < 1.29 is 0 Å². The Morgan fingerprint density at radius 3 is 2.70 bits per heavy atom. The summed E-state index contributed by atoms with van der Waals surface area (Å²) >= 11 is 0. The maximum absolute atomic E-state index is 4.89. The Morgan fingerprint density at radius 1 is 1.07 bits per heavy atom. The molecule has 1 aliphatic rings. The zero-order valence-electron chi connectivity index (χ0n) is 15.7. The van der Waals surface area contributed by atoms with E-state index in [4.69, 9.17) is 9.97 Å². The molecule has 0 radical (unpaired) electrons. The van der Waals surface area contributed by atoms with Crippen LogP contribution in [0.1, 0.15) is 37.1 Å². The van der Waals surface area contributed by atoms with E-state index in [-0.39, 0.29) is 0 Å². The van der Waals surface area contributed by atoms with E-state index in [2.05, 4.69) is 46.8 Å². The van der Waals surface area contributed by atoms with Crippen LogP contribution in [-0.2, 0) is 6.42 Å². The van der Waals surface area contributed by atoms with Gasteiger partial charge in [-0.15, -0.1) is 0 Å². The van der Waals surface area contributed by atoms with E-state index in [0.717, 1.165) is 60.9 Å². The van der Waals surface area contributed by atoms with Crippen molar-refractivity contribution in [3.05, 3.63) is 66.2 Å². The summed E-state index contributed by atoms with van der Waals surface area (Å²) in [6, 6.07) is 14.4. The van der Waals surface area contributed by atoms with Gasteiger partial charge in [-0.25, -0.2) is 9.97 Å². The largest absolute Gasteiger partial charge is 0.340 e. The van der Waals surface area contributed by atoms with Crippen molar-refractivity contribution in [3.63, 3.8) is 0 Å². The molecule has 2 aromatic heterocycles. The number of benzene rings is 1. The number of hydrogen-bond acceptors (Lipinski definition) is 5. The Bertz CT molecular complexity index is 888. The molecular weight excluding hydrogens is 334 g/mol. The fourth-order valence-electron chi connectivity index (χ4n) is 3.54. The smallest absolute Gasteiger partial charge is 0.134 e. The Labute approximate surface area is 160 Å². The minimum absolute atomic E-state index is 0.393. The molecule has 5 heteroatoms. The Hall–Kier alpha value is -2.79. The molecule has 5 nitrogen and oxygen atoms in total. The lowest BCUT2D eigenvalue weighted by molar-refractivity contribution is 0.445. The van der Waals surface area contributed by atoms with Gasteiger partial charge in [0.2, 0.25) is 0 Å². The summed E-state index contributed by atoms with van der Waals surface area (Å²) in [5.74, 6) is 2.16. The highest BCUT2D eigenvalue weighted by Crippen LogP contribution is 2.28. The number of aromatic nitrogens is 3. The normalized spacial score (nSPS) is 14.9. The lowest BCUT2D eigenvalue weighted by atomic mass is 9.97. The third-order valence-corrected chi connectivity index (χ3v) is 5.07. The summed E-state index contributed by atoms with van der Waals surface area (Å²) in [7, 11) is 0. The summed E-state index contributed by atoms with van der Waals surface area (Å²) in [6.07, 6.45) is 6.77. The van der Waals surface area contributed by atoms with Gasteiger partial charge in [0.15, 0.2) is 0 Å². The quantitative estimate of drug-likeness (QED) is 0.711. The number of piperidine rings is 1. The molecule has 1 aliphatic heterocycles. The number of aryl methyl sites for hydroxylation is 1. The molecule has 1 saturated heterocycles. The van der Waals surface area contributed by atoms with Gasteiger partial charge >= 0.3 is 0 Å². The summed E-state index contributed by atoms with van der Waals surface area (Å²) in [6.45, 7) is 4.21. The molecule has 2 N–H and O–H groups in total. The predicted octanol–water partition coefficient (Wildman–Crippen LogP) is 4.31. The van der Waals surface area contributed by atoms with E-state index in [9.17, 15) is 0 Å². The van der Waals surface area contributed by atoms with Crippen LogP contribution in [0, 0.1) is 0 Å². The highest BCUT2D eigenvalue weighted by molar-refractivity contribution is 5.66. The molecule has 0 bridgehead atoms. The molecule has 0 amide bonds. The van der Waals surface area contributed by atoms with Crippen LogP contribution in [0.15, 0.2) is 54.9 Å². The van der Waals surface area contributed by atoms with E-state index in [1.54, 1.807) is 6.20 Å². The number of hydrogen-bond donors (Lipinski definition) is 2. The lowest BCUT2D eigenvalue weighted by Gasteiger charge is -2.22. The first-order chi connectivity index (χ1) is 13.3. The molecule has 1 fully saturated rings. The number of pyridine rings is 1. The molecule has 27 heavy (non-hydrogen) atoms. The van der Waals surface area contributed by atoms with Gasteiger partial charge in [-0.2, -0.15) is 0 Å². The van der Waals surface area contributed by atoms with Crippen LogP contribution >= 0.6 is 0 Å². The average Bonchev–Trinajstić information content (AvgIpc) is 2.75. The standard InChI is InChI=1S/C22H25N5/c1-2-16-6-3-4-8-19(16)25-21-14-20(18-7-5-11-24-15-18)26-22(27-21)17-9-12-23-13-10-17/h3-8,11,14-15,17,23H,2,9-10,12-13H2,1H3,(H,25,26,27). The van der Waals surface area contributed by atoms with Crippen molar-refractivity contribution in [1.29, 1.82) is 0 Å². The van der Waals surface area contributed by atoms with Gasteiger partial charge in [-0.05, 0) is 56.1 Å². The molecule has 3 heterocycles. The van der Waals surface area contributed by atoms with E-state index in [0.29, 0.717) is 5.92 Å². The highest BCUT2D eigenvalue weighted by atomic mass is 15.0. The zero-order chi connectivity index (χ0) is 18.5.